The quantitative estimate of drug-likeness (QED) is 0.504. The topological polar surface area (TPSA) is 19.7 Å². The van der Waals surface area contributed by atoms with Crippen LogP contribution in [0.15, 0.2) is 12.4 Å². The minimum absolute atomic E-state index is 0. The van der Waals surface area contributed by atoms with Crippen LogP contribution in [-0.4, -0.2) is 10.7 Å². The molecule has 0 saturated heterocycles. The highest BCUT2D eigenvalue weighted by molar-refractivity contribution is 7.92. The number of rotatable bonds is 10. The number of halogens is 1. The van der Waals surface area contributed by atoms with Crippen molar-refractivity contribution in [1.29, 1.82) is 0 Å². The van der Waals surface area contributed by atoms with Gasteiger partial charge in [0.2, 0.25) is 0 Å². The van der Waals surface area contributed by atoms with Gasteiger partial charge in [-0.2, -0.15) is 3.97 Å². The fourth-order valence-electron chi connectivity index (χ4n) is 1.94. The summed E-state index contributed by atoms with van der Waals surface area (Å²) in [6.45, 7) is 4.39. The molecule has 2 nitrogen and oxygen atoms in total. The largest absolute Gasteiger partial charge is 1.00 e. The zero-order valence-corrected chi connectivity index (χ0v) is 14.2. The van der Waals surface area contributed by atoms with E-state index in [1.165, 1.54) is 62.9 Å². The molecule has 1 N–H and O–H groups in total. The molecule has 1 rings (SSSR count). The number of hydrogen-bond donors (Lipinski definition) is 1. The van der Waals surface area contributed by atoms with Crippen LogP contribution in [0.3, 0.4) is 0 Å². The Morgan fingerprint density at radius 3 is 2.22 bits per heavy atom. The predicted molar refractivity (Wildman–Crippen MR) is 76.2 cm³/mol. The summed E-state index contributed by atoms with van der Waals surface area (Å²) < 4.78 is 2.22. The molecule has 0 spiro atoms. The van der Waals surface area contributed by atoms with Crippen molar-refractivity contribution in [2.45, 2.75) is 65.2 Å². The fourth-order valence-corrected chi connectivity index (χ4v) is 2.86. The average molecular weight is 335 g/mol. The molecule has 0 atom stereocenters. The van der Waals surface area contributed by atoms with E-state index in [1.54, 1.807) is 0 Å². The van der Waals surface area contributed by atoms with Gasteiger partial charge < -0.3 is 17.0 Å². The molecule has 106 valence electrons. The smallest absolute Gasteiger partial charge is 0.262 e. The lowest BCUT2D eigenvalue weighted by Gasteiger charge is -2.00. The standard InChI is InChI=1S/C14H26N2S.BrH/c1-3-4-5-6-7-8-9-10-13-17-16-12-11-15-14(16)2;/h11-12H,3-10,13H2,1-2H3;1H. The summed E-state index contributed by atoms with van der Waals surface area (Å²) in [5, 5.41) is 0. The van der Waals surface area contributed by atoms with Gasteiger partial charge in [0.05, 0.1) is 11.9 Å². The van der Waals surface area contributed by atoms with E-state index < -0.39 is 0 Å². The lowest BCUT2D eigenvalue weighted by Crippen LogP contribution is -3.00. The van der Waals surface area contributed by atoms with Crippen molar-refractivity contribution < 1.29 is 21.0 Å². The van der Waals surface area contributed by atoms with Crippen molar-refractivity contribution in [1.82, 2.24) is 4.98 Å². The van der Waals surface area contributed by atoms with Crippen LogP contribution >= 0.6 is 11.9 Å². The molecule has 0 bridgehead atoms. The Bertz CT molecular complexity index is 289. The van der Waals surface area contributed by atoms with Crippen molar-refractivity contribution in [2.24, 2.45) is 0 Å². The Kier molecular flexibility index (Phi) is 12.1. The van der Waals surface area contributed by atoms with E-state index >= 15 is 0 Å². The van der Waals surface area contributed by atoms with Crippen LogP contribution < -0.4 is 21.0 Å². The van der Waals surface area contributed by atoms with Crippen LogP contribution in [-0.2, 0) is 0 Å². The third-order valence-corrected chi connectivity index (χ3v) is 4.21. The summed E-state index contributed by atoms with van der Waals surface area (Å²) in [5.74, 6) is 2.47. The minimum atomic E-state index is 0. The second-order valence-corrected chi connectivity index (χ2v) is 5.74. The summed E-state index contributed by atoms with van der Waals surface area (Å²) >= 11 is 1.91. The summed E-state index contributed by atoms with van der Waals surface area (Å²) in [7, 11) is 0. The molecule has 18 heavy (non-hydrogen) atoms. The number of H-pyrrole nitrogens is 1. The van der Waals surface area contributed by atoms with Crippen LogP contribution in [0, 0.1) is 6.92 Å². The second-order valence-electron chi connectivity index (χ2n) is 4.68. The maximum Gasteiger partial charge on any atom is 0.262 e. The molecule has 1 heterocycles. The summed E-state index contributed by atoms with van der Waals surface area (Å²) in [6.07, 6.45) is 15.3. The van der Waals surface area contributed by atoms with Crippen molar-refractivity contribution in [3.8, 4) is 0 Å². The number of aryl methyl sites for hydroxylation is 1. The highest BCUT2D eigenvalue weighted by Crippen LogP contribution is 2.10. The third-order valence-electron chi connectivity index (χ3n) is 3.06. The first kappa shape index (κ1) is 18.0. The Labute approximate surface area is 127 Å². The van der Waals surface area contributed by atoms with Gasteiger partial charge >= 0.3 is 0 Å². The van der Waals surface area contributed by atoms with E-state index in [0.29, 0.717) is 0 Å². The summed E-state index contributed by atoms with van der Waals surface area (Å²) in [6, 6.07) is 0. The number of nitrogens with one attached hydrogen (secondary N) is 1. The number of unbranched alkanes of at least 4 members (excludes halogenated alkanes) is 7. The van der Waals surface area contributed by atoms with Gasteiger partial charge in [0.1, 0.15) is 12.4 Å². The van der Waals surface area contributed by atoms with Crippen LogP contribution in [0.2, 0.25) is 0 Å². The Balaban J connectivity index is 0.00000289. The number of hydrogen-bond acceptors (Lipinski definition) is 1. The highest BCUT2D eigenvalue weighted by Gasteiger charge is 2.04. The molecule has 0 fully saturated rings. The second kappa shape index (κ2) is 12.1. The van der Waals surface area contributed by atoms with Crippen molar-refractivity contribution in [3.63, 3.8) is 0 Å². The molecular weight excluding hydrogens is 308 g/mol. The first-order valence-electron chi connectivity index (χ1n) is 7.03. The molecule has 0 aliphatic carbocycles. The van der Waals surface area contributed by atoms with Gasteiger partial charge in [-0.1, -0.05) is 51.9 Å². The van der Waals surface area contributed by atoms with Crippen molar-refractivity contribution >= 4 is 11.9 Å². The third kappa shape index (κ3) is 8.20. The number of nitrogens with zero attached hydrogens (tertiary/aromatic N) is 1. The Morgan fingerprint density at radius 1 is 1.06 bits per heavy atom. The maximum absolute atomic E-state index is 3.19. The van der Waals surface area contributed by atoms with Crippen LogP contribution in [0.4, 0.5) is 0 Å². The summed E-state index contributed by atoms with van der Waals surface area (Å²) in [4.78, 5) is 3.19. The van der Waals surface area contributed by atoms with E-state index in [0.717, 1.165) is 0 Å². The van der Waals surface area contributed by atoms with E-state index in [2.05, 4.69) is 29.0 Å². The molecule has 1 aromatic heterocycles. The SMILES string of the molecule is CCCCCCCCCCS[n+]1cc[nH]c1C.[Br-]. The molecule has 0 unspecified atom stereocenters. The Hall–Kier alpha value is 0.0400. The fraction of sp³-hybridized carbons (Fsp3) is 0.786. The minimum Gasteiger partial charge on any atom is -1.00 e. The van der Waals surface area contributed by atoms with Gasteiger partial charge in [-0.15, -0.1) is 0 Å². The molecule has 0 aromatic carbocycles. The van der Waals surface area contributed by atoms with Gasteiger partial charge in [0, 0.05) is 12.7 Å². The molecule has 1 aromatic rings. The first-order chi connectivity index (χ1) is 8.34. The lowest BCUT2D eigenvalue weighted by molar-refractivity contribution is -0.500. The lowest BCUT2D eigenvalue weighted by atomic mass is 10.1. The van der Waals surface area contributed by atoms with Gasteiger partial charge in [-0.3, -0.25) is 0 Å². The van der Waals surface area contributed by atoms with Gasteiger partial charge in [-0.25, -0.2) is 4.98 Å². The van der Waals surface area contributed by atoms with Crippen LogP contribution in [0.1, 0.15) is 64.1 Å². The molecule has 0 aliphatic heterocycles. The average Bonchev–Trinajstić information content (AvgIpc) is 2.73. The molecule has 0 radical (unpaired) electrons. The predicted octanol–water partition coefficient (Wildman–Crippen LogP) is 1.25. The monoisotopic (exact) mass is 334 g/mol. The zero-order valence-electron chi connectivity index (χ0n) is 11.8. The van der Waals surface area contributed by atoms with E-state index in [9.17, 15) is 0 Å². The van der Waals surface area contributed by atoms with Crippen molar-refractivity contribution in [2.75, 3.05) is 5.75 Å². The Morgan fingerprint density at radius 2 is 1.67 bits per heavy atom. The number of aromatic nitrogens is 2. The molecular formula is C14H27BrN2S. The molecule has 4 heteroatoms. The van der Waals surface area contributed by atoms with Gasteiger partial charge in [0.15, 0.2) is 0 Å². The van der Waals surface area contributed by atoms with E-state index in [1.807, 2.05) is 18.1 Å². The first-order valence-corrected chi connectivity index (χ1v) is 7.97. The highest BCUT2D eigenvalue weighted by atomic mass is 79.9. The zero-order chi connectivity index (χ0) is 12.3. The molecule has 0 aliphatic rings. The van der Waals surface area contributed by atoms with Gasteiger partial charge in [-0.05, 0) is 6.42 Å². The number of aromatic amines is 1. The molecule has 0 amide bonds. The normalized spacial score (nSPS) is 10.3. The van der Waals surface area contributed by atoms with Crippen LogP contribution in [0.25, 0.3) is 0 Å². The van der Waals surface area contributed by atoms with Gasteiger partial charge in [0.25, 0.3) is 5.82 Å². The van der Waals surface area contributed by atoms with Crippen molar-refractivity contribution in [3.05, 3.63) is 18.2 Å². The van der Waals surface area contributed by atoms with Crippen LogP contribution in [0.5, 0.6) is 0 Å². The van der Waals surface area contributed by atoms with E-state index in [4.69, 9.17) is 0 Å². The summed E-state index contributed by atoms with van der Waals surface area (Å²) in [5.41, 5.74) is 0. The maximum atomic E-state index is 3.19. The number of imidazole rings is 1. The van der Waals surface area contributed by atoms with E-state index in [-0.39, 0.29) is 17.0 Å². The molecule has 0 saturated carbocycles.